The maximum atomic E-state index is 11.8. The first-order valence-electron chi connectivity index (χ1n) is 4.66. The third-order valence-electron chi connectivity index (χ3n) is 2.42. The fourth-order valence-electron chi connectivity index (χ4n) is 1.53. The van der Waals surface area contributed by atoms with E-state index in [9.17, 15) is 8.42 Å². The lowest BCUT2D eigenvalue weighted by Gasteiger charge is -2.18. The van der Waals surface area contributed by atoms with E-state index in [-0.39, 0.29) is 6.04 Å². The quantitative estimate of drug-likeness (QED) is 0.700. The molecular formula is C8H15N3O2S. The highest BCUT2D eigenvalue weighted by molar-refractivity contribution is 7.90. The molecule has 0 aliphatic carbocycles. The van der Waals surface area contributed by atoms with Crippen molar-refractivity contribution in [3.63, 3.8) is 0 Å². The van der Waals surface area contributed by atoms with E-state index in [1.54, 1.807) is 6.92 Å². The van der Waals surface area contributed by atoms with Gasteiger partial charge in [0, 0.05) is 19.1 Å². The van der Waals surface area contributed by atoms with Crippen molar-refractivity contribution in [1.82, 2.24) is 4.31 Å². The molecule has 0 aromatic carbocycles. The fourth-order valence-corrected chi connectivity index (χ4v) is 3.21. The summed E-state index contributed by atoms with van der Waals surface area (Å²) in [5.41, 5.74) is 5.62. The Kier molecular flexibility index (Phi) is 3.48. The minimum Gasteiger partial charge on any atom is -0.326 e. The second kappa shape index (κ2) is 4.26. The van der Waals surface area contributed by atoms with Gasteiger partial charge >= 0.3 is 0 Å². The van der Waals surface area contributed by atoms with Crippen LogP contribution in [0.3, 0.4) is 0 Å². The molecule has 0 spiro atoms. The average Bonchev–Trinajstić information content (AvgIpc) is 2.54. The maximum Gasteiger partial charge on any atom is 0.230 e. The zero-order valence-corrected chi connectivity index (χ0v) is 9.00. The van der Waals surface area contributed by atoms with Gasteiger partial charge < -0.3 is 5.73 Å². The van der Waals surface area contributed by atoms with Gasteiger partial charge in [-0.3, -0.25) is 0 Å². The Morgan fingerprint density at radius 2 is 2.36 bits per heavy atom. The van der Waals surface area contributed by atoms with E-state index in [4.69, 9.17) is 11.0 Å². The first kappa shape index (κ1) is 11.4. The molecule has 0 bridgehead atoms. The molecule has 14 heavy (non-hydrogen) atoms. The standard InChI is InChI=1S/C8H15N3O2S/c1-2-8(5-9)14(12,13)11-4-3-7(10)6-11/h7-8H,2-4,6,10H2,1H3. The van der Waals surface area contributed by atoms with E-state index in [1.807, 2.05) is 6.07 Å². The largest absolute Gasteiger partial charge is 0.326 e. The van der Waals surface area contributed by atoms with Crippen molar-refractivity contribution in [2.75, 3.05) is 13.1 Å². The van der Waals surface area contributed by atoms with Crippen molar-refractivity contribution < 1.29 is 8.42 Å². The third-order valence-corrected chi connectivity index (χ3v) is 4.63. The minimum absolute atomic E-state index is 0.0824. The Morgan fingerprint density at radius 3 is 2.71 bits per heavy atom. The van der Waals surface area contributed by atoms with Gasteiger partial charge in [0.15, 0.2) is 5.25 Å². The molecule has 1 heterocycles. The summed E-state index contributed by atoms with van der Waals surface area (Å²) >= 11 is 0. The Morgan fingerprint density at radius 1 is 1.71 bits per heavy atom. The smallest absolute Gasteiger partial charge is 0.230 e. The maximum absolute atomic E-state index is 11.8. The number of hydrogen-bond acceptors (Lipinski definition) is 4. The van der Waals surface area contributed by atoms with Crippen molar-refractivity contribution in [3.8, 4) is 6.07 Å². The van der Waals surface area contributed by atoms with Gasteiger partial charge in [0.1, 0.15) is 0 Å². The van der Waals surface area contributed by atoms with Gasteiger partial charge in [-0.05, 0) is 12.8 Å². The number of hydrogen-bond donors (Lipinski definition) is 1. The van der Waals surface area contributed by atoms with Crippen LogP contribution in [0.5, 0.6) is 0 Å². The highest BCUT2D eigenvalue weighted by Crippen LogP contribution is 2.17. The van der Waals surface area contributed by atoms with Crippen LogP contribution < -0.4 is 5.73 Å². The van der Waals surface area contributed by atoms with E-state index < -0.39 is 15.3 Å². The van der Waals surface area contributed by atoms with Crippen LogP contribution in [0.15, 0.2) is 0 Å². The lowest BCUT2D eigenvalue weighted by Crippen LogP contribution is -2.38. The molecule has 0 amide bonds. The summed E-state index contributed by atoms with van der Waals surface area (Å²) < 4.78 is 24.9. The number of rotatable bonds is 3. The first-order valence-corrected chi connectivity index (χ1v) is 6.16. The second-order valence-electron chi connectivity index (χ2n) is 3.48. The molecule has 6 heteroatoms. The number of sulfonamides is 1. The molecule has 5 nitrogen and oxygen atoms in total. The molecule has 2 N–H and O–H groups in total. The highest BCUT2D eigenvalue weighted by atomic mass is 32.2. The lowest BCUT2D eigenvalue weighted by molar-refractivity contribution is 0.466. The third kappa shape index (κ3) is 2.05. The van der Waals surface area contributed by atoms with Crippen LogP contribution in [0.1, 0.15) is 19.8 Å². The summed E-state index contributed by atoms with van der Waals surface area (Å²) in [6.07, 6.45) is 1.01. The van der Waals surface area contributed by atoms with E-state index >= 15 is 0 Å². The van der Waals surface area contributed by atoms with Crippen LogP contribution in [0, 0.1) is 11.3 Å². The summed E-state index contributed by atoms with van der Waals surface area (Å²) in [7, 11) is -3.44. The number of nitrogens with zero attached hydrogens (tertiary/aromatic N) is 2. The van der Waals surface area contributed by atoms with E-state index in [1.165, 1.54) is 4.31 Å². The van der Waals surface area contributed by atoms with Crippen LogP contribution >= 0.6 is 0 Å². The van der Waals surface area contributed by atoms with Crippen molar-refractivity contribution in [3.05, 3.63) is 0 Å². The molecule has 0 radical (unpaired) electrons. The molecule has 1 saturated heterocycles. The molecule has 0 aromatic rings. The summed E-state index contributed by atoms with van der Waals surface area (Å²) in [6.45, 7) is 2.49. The number of nitriles is 1. The predicted molar refractivity (Wildman–Crippen MR) is 52.8 cm³/mol. The molecule has 1 aliphatic rings. The molecule has 80 valence electrons. The van der Waals surface area contributed by atoms with Gasteiger partial charge in [-0.2, -0.15) is 9.57 Å². The molecule has 1 rings (SSSR count). The Hall–Kier alpha value is -0.640. The molecule has 0 aromatic heterocycles. The normalized spacial score (nSPS) is 25.9. The molecule has 0 saturated carbocycles. The van der Waals surface area contributed by atoms with Crippen LogP contribution in [-0.2, 0) is 10.0 Å². The van der Waals surface area contributed by atoms with Crippen LogP contribution in [0.25, 0.3) is 0 Å². The van der Waals surface area contributed by atoms with Gasteiger partial charge in [0.25, 0.3) is 0 Å². The molecule has 1 aliphatic heterocycles. The van der Waals surface area contributed by atoms with Crippen LogP contribution in [0.4, 0.5) is 0 Å². The van der Waals surface area contributed by atoms with Gasteiger partial charge in [0.05, 0.1) is 6.07 Å². The average molecular weight is 217 g/mol. The van der Waals surface area contributed by atoms with Crippen molar-refractivity contribution in [1.29, 1.82) is 5.26 Å². The van der Waals surface area contributed by atoms with Crippen LogP contribution in [-0.4, -0.2) is 37.1 Å². The van der Waals surface area contributed by atoms with Crippen molar-refractivity contribution in [2.45, 2.75) is 31.1 Å². The lowest BCUT2D eigenvalue weighted by atomic mass is 10.3. The summed E-state index contributed by atoms with van der Waals surface area (Å²) in [5, 5.41) is 7.78. The summed E-state index contributed by atoms with van der Waals surface area (Å²) in [4.78, 5) is 0. The Bertz CT molecular complexity index is 333. The highest BCUT2D eigenvalue weighted by Gasteiger charge is 2.34. The first-order chi connectivity index (χ1) is 6.52. The van der Waals surface area contributed by atoms with Gasteiger partial charge in [-0.15, -0.1) is 0 Å². The topological polar surface area (TPSA) is 87.2 Å². The Balaban J connectivity index is 2.81. The molecule has 2 unspecified atom stereocenters. The van der Waals surface area contributed by atoms with Gasteiger partial charge in [-0.25, -0.2) is 8.42 Å². The molecular weight excluding hydrogens is 202 g/mol. The second-order valence-corrected chi connectivity index (χ2v) is 5.59. The van der Waals surface area contributed by atoms with Crippen LogP contribution in [0.2, 0.25) is 0 Å². The predicted octanol–water partition coefficient (Wildman–Crippen LogP) is -0.349. The molecule has 1 fully saturated rings. The minimum atomic E-state index is -3.44. The van der Waals surface area contributed by atoms with Crippen molar-refractivity contribution in [2.24, 2.45) is 5.73 Å². The van der Waals surface area contributed by atoms with E-state index in [0.717, 1.165) is 0 Å². The SMILES string of the molecule is CCC(C#N)S(=O)(=O)N1CCC(N)C1. The van der Waals surface area contributed by atoms with E-state index in [2.05, 4.69) is 0 Å². The van der Waals surface area contributed by atoms with Gasteiger partial charge in [-0.1, -0.05) is 6.92 Å². The monoisotopic (exact) mass is 217 g/mol. The fraction of sp³-hybridized carbons (Fsp3) is 0.875. The number of nitrogens with two attached hydrogens (primary N) is 1. The van der Waals surface area contributed by atoms with E-state index in [0.29, 0.717) is 25.9 Å². The summed E-state index contributed by atoms with van der Waals surface area (Å²) in [6, 6.07) is 1.73. The molecule has 2 atom stereocenters. The van der Waals surface area contributed by atoms with Crippen molar-refractivity contribution >= 4 is 10.0 Å². The van der Waals surface area contributed by atoms with Gasteiger partial charge in [0.2, 0.25) is 10.0 Å². The zero-order valence-electron chi connectivity index (χ0n) is 8.18. The summed E-state index contributed by atoms with van der Waals surface area (Å²) in [5.74, 6) is 0. The Labute approximate surface area is 84.5 Å². The zero-order chi connectivity index (χ0) is 10.8.